The number of halogens is 1. The number of hydrogen-bond acceptors (Lipinski definition) is 2. The molecule has 1 aromatic carbocycles. The largest absolute Gasteiger partial charge is 0.462 e. The van der Waals surface area contributed by atoms with Crippen LogP contribution in [-0.2, 0) is 9.53 Å². The van der Waals surface area contributed by atoms with Gasteiger partial charge in [-0.15, -0.1) is 0 Å². The Balaban J connectivity index is 1.84. The monoisotopic (exact) mass is 220 g/mol. The first-order chi connectivity index (χ1) is 7.74. The van der Waals surface area contributed by atoms with Crippen molar-refractivity contribution in [3.8, 4) is 0 Å². The third kappa shape index (κ3) is 3.50. The summed E-state index contributed by atoms with van der Waals surface area (Å²) in [4.78, 5) is 11.2. The van der Waals surface area contributed by atoms with E-state index in [1.165, 1.54) is 18.2 Å². The molecule has 0 unspecified atom stereocenters. The topological polar surface area (TPSA) is 26.3 Å². The van der Waals surface area contributed by atoms with E-state index in [1.807, 2.05) is 0 Å². The highest BCUT2D eigenvalue weighted by Crippen LogP contribution is 2.28. The summed E-state index contributed by atoms with van der Waals surface area (Å²) in [5.74, 6) is -0.115. The predicted molar refractivity (Wildman–Crippen MR) is 59.1 cm³/mol. The van der Waals surface area contributed by atoms with E-state index in [2.05, 4.69) is 0 Å². The Morgan fingerprint density at radius 1 is 1.50 bits per heavy atom. The molecule has 0 N–H and O–H groups in total. The van der Waals surface area contributed by atoms with Crippen LogP contribution in [0.15, 0.2) is 30.3 Å². The second kappa shape index (κ2) is 4.92. The van der Waals surface area contributed by atoms with Crippen LogP contribution in [0.4, 0.5) is 4.39 Å². The van der Waals surface area contributed by atoms with E-state index < -0.39 is 0 Å². The molecule has 1 saturated carbocycles. The van der Waals surface area contributed by atoms with Crippen LogP contribution in [0.25, 0.3) is 6.08 Å². The van der Waals surface area contributed by atoms with E-state index in [0.717, 1.165) is 12.8 Å². The summed E-state index contributed by atoms with van der Waals surface area (Å²) < 4.78 is 17.8. The van der Waals surface area contributed by atoms with Crippen molar-refractivity contribution in [2.75, 3.05) is 6.61 Å². The molecule has 0 atom stereocenters. The molecule has 0 aromatic heterocycles. The normalized spacial score (nSPS) is 15.3. The molecule has 0 radical (unpaired) electrons. The molecule has 1 aliphatic rings. The van der Waals surface area contributed by atoms with Gasteiger partial charge < -0.3 is 4.74 Å². The van der Waals surface area contributed by atoms with Gasteiger partial charge in [0, 0.05) is 6.08 Å². The van der Waals surface area contributed by atoms with E-state index in [4.69, 9.17) is 4.74 Å². The van der Waals surface area contributed by atoms with E-state index in [0.29, 0.717) is 18.1 Å². The minimum absolute atomic E-state index is 0.312. The van der Waals surface area contributed by atoms with Gasteiger partial charge in [-0.25, -0.2) is 9.18 Å². The fourth-order valence-corrected chi connectivity index (χ4v) is 1.31. The maximum absolute atomic E-state index is 12.8. The zero-order valence-electron chi connectivity index (χ0n) is 8.86. The zero-order chi connectivity index (χ0) is 11.4. The second-order valence-corrected chi connectivity index (χ2v) is 3.96. The summed E-state index contributed by atoms with van der Waals surface area (Å²) in [6, 6.07) is 6.06. The zero-order valence-corrected chi connectivity index (χ0v) is 8.86. The molecule has 1 fully saturated rings. The van der Waals surface area contributed by atoms with Crippen LogP contribution in [0.5, 0.6) is 0 Å². The summed E-state index contributed by atoms with van der Waals surface area (Å²) >= 11 is 0. The summed E-state index contributed by atoms with van der Waals surface area (Å²) in [6.07, 6.45) is 5.19. The Morgan fingerprint density at radius 2 is 2.31 bits per heavy atom. The molecule has 0 amide bonds. The average molecular weight is 220 g/mol. The predicted octanol–water partition coefficient (Wildman–Crippen LogP) is 2.79. The van der Waals surface area contributed by atoms with Crippen LogP contribution < -0.4 is 0 Å². The molecule has 2 nitrogen and oxygen atoms in total. The Bertz CT molecular complexity index is 408. The Labute approximate surface area is 93.7 Å². The molecule has 0 aliphatic heterocycles. The van der Waals surface area contributed by atoms with E-state index in [9.17, 15) is 9.18 Å². The van der Waals surface area contributed by atoms with Gasteiger partial charge in [-0.2, -0.15) is 0 Å². The maximum atomic E-state index is 12.8. The van der Waals surface area contributed by atoms with Crippen molar-refractivity contribution in [1.82, 2.24) is 0 Å². The van der Waals surface area contributed by atoms with Crippen molar-refractivity contribution in [3.05, 3.63) is 41.7 Å². The number of carbonyl (C=O) groups excluding carboxylic acids is 1. The number of benzene rings is 1. The molecule has 2 rings (SSSR count). The summed E-state index contributed by atoms with van der Waals surface area (Å²) in [5.41, 5.74) is 0.656. The van der Waals surface area contributed by atoms with Gasteiger partial charge in [0.2, 0.25) is 0 Å². The van der Waals surface area contributed by atoms with Gasteiger partial charge in [-0.05, 0) is 42.5 Å². The van der Waals surface area contributed by atoms with Gasteiger partial charge in [-0.1, -0.05) is 12.1 Å². The molecular formula is C13H13FO2. The molecule has 3 heteroatoms. The van der Waals surface area contributed by atoms with Crippen molar-refractivity contribution >= 4 is 12.0 Å². The van der Waals surface area contributed by atoms with E-state index in [1.54, 1.807) is 18.2 Å². The van der Waals surface area contributed by atoms with Crippen molar-refractivity contribution in [1.29, 1.82) is 0 Å². The number of carbonyl (C=O) groups is 1. The first kappa shape index (κ1) is 10.9. The first-order valence-electron chi connectivity index (χ1n) is 5.34. The van der Waals surface area contributed by atoms with E-state index in [-0.39, 0.29) is 11.8 Å². The van der Waals surface area contributed by atoms with Crippen molar-refractivity contribution < 1.29 is 13.9 Å². The highest BCUT2D eigenvalue weighted by Gasteiger charge is 2.22. The number of hydrogen-bond donors (Lipinski definition) is 0. The Hall–Kier alpha value is -1.64. The number of ether oxygens (including phenoxy) is 1. The number of esters is 1. The third-order valence-corrected chi connectivity index (χ3v) is 2.42. The molecule has 0 spiro atoms. The molecule has 0 saturated heterocycles. The molecule has 0 bridgehead atoms. The fourth-order valence-electron chi connectivity index (χ4n) is 1.31. The van der Waals surface area contributed by atoms with Crippen molar-refractivity contribution in [2.45, 2.75) is 12.8 Å². The lowest BCUT2D eigenvalue weighted by molar-refractivity contribution is -0.138. The maximum Gasteiger partial charge on any atom is 0.330 e. The van der Waals surface area contributed by atoms with Gasteiger partial charge in [0.15, 0.2) is 0 Å². The first-order valence-corrected chi connectivity index (χ1v) is 5.34. The Morgan fingerprint density at radius 3 is 3.00 bits per heavy atom. The standard InChI is InChI=1S/C13H13FO2/c14-12-3-1-2-10(8-12)6-7-13(15)16-9-11-4-5-11/h1-3,6-8,11H,4-5,9H2/b7-6+. The third-order valence-electron chi connectivity index (χ3n) is 2.42. The molecule has 16 heavy (non-hydrogen) atoms. The van der Waals surface area contributed by atoms with Gasteiger partial charge in [-0.3, -0.25) is 0 Å². The summed E-state index contributed by atoms with van der Waals surface area (Å²) in [5, 5.41) is 0. The van der Waals surface area contributed by atoms with Gasteiger partial charge in [0.05, 0.1) is 6.61 Å². The van der Waals surface area contributed by atoms with E-state index >= 15 is 0 Å². The molecule has 1 aromatic rings. The van der Waals surface area contributed by atoms with Crippen LogP contribution in [0.2, 0.25) is 0 Å². The van der Waals surface area contributed by atoms with Gasteiger partial charge in [0.1, 0.15) is 5.82 Å². The van der Waals surface area contributed by atoms with Crippen LogP contribution in [0.3, 0.4) is 0 Å². The Kier molecular flexibility index (Phi) is 3.34. The van der Waals surface area contributed by atoms with Crippen LogP contribution in [-0.4, -0.2) is 12.6 Å². The van der Waals surface area contributed by atoms with Gasteiger partial charge >= 0.3 is 5.97 Å². The highest BCUT2D eigenvalue weighted by molar-refractivity contribution is 5.87. The minimum atomic E-state index is -0.365. The lowest BCUT2D eigenvalue weighted by Crippen LogP contribution is -2.03. The van der Waals surface area contributed by atoms with Crippen LogP contribution in [0.1, 0.15) is 18.4 Å². The minimum Gasteiger partial charge on any atom is -0.462 e. The van der Waals surface area contributed by atoms with Crippen molar-refractivity contribution in [3.63, 3.8) is 0 Å². The molecule has 1 aliphatic carbocycles. The lowest BCUT2D eigenvalue weighted by Gasteiger charge is -1.98. The second-order valence-electron chi connectivity index (χ2n) is 3.96. The SMILES string of the molecule is O=C(/C=C/c1cccc(F)c1)OCC1CC1. The molecular weight excluding hydrogens is 207 g/mol. The average Bonchev–Trinajstić information content (AvgIpc) is 3.07. The lowest BCUT2D eigenvalue weighted by atomic mass is 10.2. The quantitative estimate of drug-likeness (QED) is 0.576. The highest BCUT2D eigenvalue weighted by atomic mass is 19.1. The number of rotatable bonds is 4. The molecule has 84 valence electrons. The fraction of sp³-hybridized carbons (Fsp3) is 0.308. The smallest absolute Gasteiger partial charge is 0.330 e. The molecule has 0 heterocycles. The summed E-state index contributed by atoms with van der Waals surface area (Å²) in [7, 11) is 0. The van der Waals surface area contributed by atoms with Crippen LogP contribution in [0, 0.1) is 11.7 Å². The van der Waals surface area contributed by atoms with Gasteiger partial charge in [0.25, 0.3) is 0 Å². The summed E-state index contributed by atoms with van der Waals surface area (Å²) in [6.45, 7) is 0.506. The van der Waals surface area contributed by atoms with Crippen LogP contribution >= 0.6 is 0 Å². The van der Waals surface area contributed by atoms with Crippen molar-refractivity contribution in [2.24, 2.45) is 5.92 Å².